The number of aliphatic hydroxyl groups is 1. The monoisotopic (exact) mass is 278 g/mol. The molecule has 0 aromatic carbocycles. The highest BCUT2D eigenvalue weighted by Gasteiger charge is 2.28. The van der Waals surface area contributed by atoms with Crippen molar-refractivity contribution in [3.63, 3.8) is 0 Å². The Balaban J connectivity index is 1.89. The molecule has 1 aliphatic rings. The summed E-state index contributed by atoms with van der Waals surface area (Å²) < 4.78 is 1.93. The molecule has 2 rings (SSSR count). The van der Waals surface area contributed by atoms with Crippen LogP contribution in [0.25, 0.3) is 0 Å². The molecular weight excluding hydrogens is 248 g/mol. The first-order valence-corrected chi connectivity index (χ1v) is 8.21. The molecule has 1 aromatic heterocycles. The average molecular weight is 278 g/mol. The van der Waals surface area contributed by atoms with Gasteiger partial charge in [0.25, 0.3) is 0 Å². The van der Waals surface area contributed by atoms with E-state index in [9.17, 15) is 5.11 Å². The molecule has 0 radical (unpaired) electrons. The molecule has 0 saturated heterocycles. The average Bonchev–Trinajstić information content (AvgIpc) is 2.79. The zero-order valence-electron chi connectivity index (χ0n) is 13.5. The summed E-state index contributed by atoms with van der Waals surface area (Å²) in [6, 6.07) is 2.14. The quantitative estimate of drug-likeness (QED) is 0.897. The number of hydrogen-bond donors (Lipinski definition) is 1. The Kier molecular flexibility index (Phi) is 5.25. The van der Waals surface area contributed by atoms with Crippen molar-refractivity contribution in [3.05, 3.63) is 17.5 Å². The lowest BCUT2D eigenvalue weighted by Crippen LogP contribution is -2.29. The van der Waals surface area contributed by atoms with Gasteiger partial charge in [-0.15, -0.1) is 0 Å². The summed E-state index contributed by atoms with van der Waals surface area (Å²) in [4.78, 5) is 0. The predicted octanol–water partition coefficient (Wildman–Crippen LogP) is 3.35. The molecule has 1 heterocycles. The summed E-state index contributed by atoms with van der Waals surface area (Å²) in [7, 11) is 1.98. The Bertz CT molecular complexity index is 417. The fourth-order valence-electron chi connectivity index (χ4n) is 3.51. The molecule has 1 unspecified atom stereocenters. The largest absolute Gasteiger partial charge is 0.392 e. The summed E-state index contributed by atoms with van der Waals surface area (Å²) in [5, 5.41) is 15.0. The first kappa shape index (κ1) is 15.6. The van der Waals surface area contributed by atoms with Crippen LogP contribution >= 0.6 is 0 Å². The van der Waals surface area contributed by atoms with Crippen molar-refractivity contribution in [3.8, 4) is 0 Å². The van der Waals surface area contributed by atoms with Crippen LogP contribution in [-0.2, 0) is 19.9 Å². The summed E-state index contributed by atoms with van der Waals surface area (Å²) in [6.07, 6.45) is 6.44. The molecule has 1 aliphatic carbocycles. The van der Waals surface area contributed by atoms with Crippen molar-refractivity contribution < 1.29 is 5.11 Å². The van der Waals surface area contributed by atoms with Gasteiger partial charge in [-0.25, -0.2) is 0 Å². The minimum absolute atomic E-state index is 0.205. The Labute approximate surface area is 123 Å². The number of rotatable bonds is 5. The fourth-order valence-corrected chi connectivity index (χ4v) is 3.51. The number of aliphatic hydroxyl groups excluding tert-OH is 1. The molecule has 1 N–H and O–H groups in total. The van der Waals surface area contributed by atoms with Crippen LogP contribution in [0.4, 0.5) is 0 Å². The molecule has 1 aromatic rings. The van der Waals surface area contributed by atoms with Crippen LogP contribution in [0, 0.1) is 17.8 Å². The van der Waals surface area contributed by atoms with Gasteiger partial charge >= 0.3 is 0 Å². The maximum Gasteiger partial charge on any atom is 0.0624 e. The number of nitrogens with zero attached hydrogens (tertiary/aromatic N) is 2. The van der Waals surface area contributed by atoms with Gasteiger partial charge in [-0.1, -0.05) is 20.8 Å². The molecule has 3 heteroatoms. The molecule has 20 heavy (non-hydrogen) atoms. The van der Waals surface area contributed by atoms with Gasteiger partial charge in [0.2, 0.25) is 0 Å². The van der Waals surface area contributed by atoms with E-state index in [1.54, 1.807) is 0 Å². The molecule has 1 fully saturated rings. The summed E-state index contributed by atoms with van der Waals surface area (Å²) in [6.45, 7) is 6.77. The van der Waals surface area contributed by atoms with Crippen molar-refractivity contribution in [1.82, 2.24) is 9.78 Å². The highest BCUT2D eigenvalue weighted by atomic mass is 16.3. The number of hydrogen-bond acceptors (Lipinski definition) is 2. The second-order valence-corrected chi connectivity index (χ2v) is 6.79. The minimum Gasteiger partial charge on any atom is -0.392 e. The Morgan fingerprint density at radius 1 is 1.25 bits per heavy atom. The lowest BCUT2D eigenvalue weighted by atomic mass is 9.74. The Morgan fingerprint density at radius 3 is 2.35 bits per heavy atom. The maximum atomic E-state index is 10.5. The molecular formula is C17H30N2O. The van der Waals surface area contributed by atoms with Crippen molar-refractivity contribution in [1.29, 1.82) is 0 Å². The Morgan fingerprint density at radius 2 is 1.85 bits per heavy atom. The minimum atomic E-state index is -0.205. The van der Waals surface area contributed by atoms with E-state index in [-0.39, 0.29) is 6.10 Å². The van der Waals surface area contributed by atoms with Crippen LogP contribution in [0.1, 0.15) is 57.8 Å². The van der Waals surface area contributed by atoms with E-state index in [1.165, 1.54) is 31.4 Å². The van der Waals surface area contributed by atoms with E-state index < -0.39 is 0 Å². The standard InChI is InChI=1S/C17H30N2O/c1-5-15-10-16(19(4)18-15)11-17(20)14-8-6-13(7-9-14)12(2)3/h10,12-14,17,20H,5-9,11H2,1-4H3. The third kappa shape index (κ3) is 3.63. The van der Waals surface area contributed by atoms with Crippen molar-refractivity contribution in [2.24, 2.45) is 24.8 Å². The van der Waals surface area contributed by atoms with E-state index in [4.69, 9.17) is 0 Å². The summed E-state index contributed by atoms with van der Waals surface area (Å²) in [5.74, 6) is 2.13. The molecule has 0 spiro atoms. The summed E-state index contributed by atoms with van der Waals surface area (Å²) in [5.41, 5.74) is 2.29. The van der Waals surface area contributed by atoms with E-state index >= 15 is 0 Å². The predicted molar refractivity (Wildman–Crippen MR) is 82.6 cm³/mol. The van der Waals surface area contributed by atoms with Gasteiger partial charge in [-0.05, 0) is 55.9 Å². The molecule has 3 nitrogen and oxygen atoms in total. The summed E-state index contributed by atoms with van der Waals surface area (Å²) >= 11 is 0. The van der Waals surface area contributed by atoms with Crippen LogP contribution < -0.4 is 0 Å². The number of aromatic nitrogens is 2. The lowest BCUT2D eigenvalue weighted by molar-refractivity contribution is 0.0661. The van der Waals surface area contributed by atoms with E-state index in [1.807, 2.05) is 11.7 Å². The smallest absolute Gasteiger partial charge is 0.0624 e. The first-order valence-electron chi connectivity index (χ1n) is 8.21. The Hall–Kier alpha value is -0.830. The van der Waals surface area contributed by atoms with Gasteiger partial charge in [0, 0.05) is 19.2 Å². The van der Waals surface area contributed by atoms with Crippen LogP contribution in [0.3, 0.4) is 0 Å². The van der Waals surface area contributed by atoms with Crippen LogP contribution in [-0.4, -0.2) is 21.0 Å². The van der Waals surface area contributed by atoms with Gasteiger partial charge < -0.3 is 5.11 Å². The van der Waals surface area contributed by atoms with Crippen LogP contribution in [0.5, 0.6) is 0 Å². The second kappa shape index (κ2) is 6.75. The van der Waals surface area contributed by atoms with E-state index in [2.05, 4.69) is 31.9 Å². The SMILES string of the molecule is CCc1cc(CC(O)C2CCC(C(C)C)CC2)n(C)n1. The van der Waals surface area contributed by atoms with Gasteiger partial charge in [0.15, 0.2) is 0 Å². The van der Waals surface area contributed by atoms with Crippen molar-refractivity contribution in [2.45, 2.75) is 65.4 Å². The zero-order chi connectivity index (χ0) is 14.7. The van der Waals surface area contributed by atoms with E-state index in [0.29, 0.717) is 5.92 Å². The molecule has 0 amide bonds. The van der Waals surface area contributed by atoms with Crippen LogP contribution in [0.2, 0.25) is 0 Å². The van der Waals surface area contributed by atoms with Gasteiger partial charge in [0.05, 0.1) is 11.8 Å². The highest BCUT2D eigenvalue weighted by molar-refractivity contribution is 5.11. The van der Waals surface area contributed by atoms with Crippen molar-refractivity contribution >= 4 is 0 Å². The fraction of sp³-hybridized carbons (Fsp3) is 0.824. The molecule has 1 atom stereocenters. The van der Waals surface area contributed by atoms with Crippen molar-refractivity contribution in [2.75, 3.05) is 0 Å². The molecule has 1 saturated carbocycles. The first-order chi connectivity index (χ1) is 9.51. The number of aryl methyl sites for hydroxylation is 2. The lowest BCUT2D eigenvalue weighted by Gasteiger charge is -2.33. The topological polar surface area (TPSA) is 38.0 Å². The highest BCUT2D eigenvalue weighted by Crippen LogP contribution is 2.35. The van der Waals surface area contributed by atoms with Gasteiger partial charge in [-0.3, -0.25) is 4.68 Å². The van der Waals surface area contributed by atoms with Gasteiger partial charge in [-0.2, -0.15) is 5.10 Å². The van der Waals surface area contributed by atoms with Gasteiger partial charge in [0.1, 0.15) is 0 Å². The molecule has 114 valence electrons. The van der Waals surface area contributed by atoms with E-state index in [0.717, 1.165) is 30.4 Å². The third-order valence-corrected chi connectivity index (χ3v) is 5.11. The maximum absolute atomic E-state index is 10.5. The molecule has 0 bridgehead atoms. The third-order valence-electron chi connectivity index (χ3n) is 5.11. The second-order valence-electron chi connectivity index (χ2n) is 6.79. The normalized spacial score (nSPS) is 25.1. The molecule has 0 aliphatic heterocycles. The zero-order valence-corrected chi connectivity index (χ0v) is 13.5. The van der Waals surface area contributed by atoms with Crippen LogP contribution in [0.15, 0.2) is 6.07 Å².